The molecule has 0 aliphatic carbocycles. The van der Waals surface area contributed by atoms with Crippen molar-refractivity contribution in [1.82, 2.24) is 15.1 Å². The summed E-state index contributed by atoms with van der Waals surface area (Å²) in [6.45, 7) is 3.93. The average molecular weight is 356 g/mol. The van der Waals surface area contributed by atoms with Crippen molar-refractivity contribution >= 4 is 24.2 Å². The van der Waals surface area contributed by atoms with Crippen LogP contribution in [0.3, 0.4) is 0 Å². The maximum absolute atomic E-state index is 13.2. The number of nitrogens with zero attached hydrogens (tertiary/aromatic N) is 2. The monoisotopic (exact) mass is 355 g/mol. The molecule has 7 heteroatoms. The number of piperidine rings is 1. The van der Waals surface area contributed by atoms with E-state index < -0.39 is 5.82 Å². The first-order chi connectivity index (χ1) is 11.1. The van der Waals surface area contributed by atoms with E-state index in [0.29, 0.717) is 31.7 Å². The van der Waals surface area contributed by atoms with Crippen LogP contribution in [0.4, 0.5) is 4.39 Å². The summed E-state index contributed by atoms with van der Waals surface area (Å²) < 4.78 is 13.2. The van der Waals surface area contributed by atoms with Crippen molar-refractivity contribution in [2.45, 2.75) is 12.8 Å². The third-order valence-corrected chi connectivity index (χ3v) is 4.64. The fourth-order valence-electron chi connectivity index (χ4n) is 3.26. The standard InChI is InChI=1S/C17H22FN3O2.ClH/c18-15-3-1-2-14(12-15)17(23)21-10-8-20(9-11-21)16(22)13-4-6-19-7-5-13;/h1-3,12-13,19H,4-11H2;1H. The molecule has 5 nitrogen and oxygen atoms in total. The van der Waals surface area contributed by atoms with Gasteiger partial charge in [0.25, 0.3) is 5.91 Å². The number of piperazine rings is 1. The zero-order valence-electron chi connectivity index (χ0n) is 13.5. The molecule has 2 aliphatic heterocycles. The van der Waals surface area contributed by atoms with Crippen LogP contribution >= 0.6 is 12.4 Å². The minimum Gasteiger partial charge on any atom is -0.339 e. The van der Waals surface area contributed by atoms with Gasteiger partial charge in [-0.3, -0.25) is 9.59 Å². The van der Waals surface area contributed by atoms with Gasteiger partial charge in [-0.15, -0.1) is 12.4 Å². The van der Waals surface area contributed by atoms with E-state index in [1.165, 1.54) is 12.1 Å². The largest absolute Gasteiger partial charge is 0.339 e. The number of nitrogens with one attached hydrogen (secondary N) is 1. The highest BCUT2D eigenvalue weighted by Gasteiger charge is 2.29. The second-order valence-electron chi connectivity index (χ2n) is 6.15. The lowest BCUT2D eigenvalue weighted by atomic mass is 9.96. The van der Waals surface area contributed by atoms with E-state index in [2.05, 4.69) is 5.32 Å². The summed E-state index contributed by atoms with van der Waals surface area (Å²) in [5.74, 6) is -0.250. The Morgan fingerprint density at radius 1 is 1.04 bits per heavy atom. The lowest BCUT2D eigenvalue weighted by Crippen LogP contribution is -2.52. The summed E-state index contributed by atoms with van der Waals surface area (Å²) in [5.41, 5.74) is 0.364. The average Bonchev–Trinajstić information content (AvgIpc) is 2.61. The lowest BCUT2D eigenvalue weighted by Gasteiger charge is -2.37. The molecular weight excluding hydrogens is 333 g/mol. The van der Waals surface area contributed by atoms with E-state index in [1.54, 1.807) is 17.0 Å². The zero-order valence-corrected chi connectivity index (χ0v) is 14.4. The number of rotatable bonds is 2. The molecule has 3 rings (SSSR count). The Balaban J connectivity index is 0.00000208. The van der Waals surface area contributed by atoms with Crippen LogP contribution in [-0.4, -0.2) is 60.9 Å². The van der Waals surface area contributed by atoms with E-state index in [-0.39, 0.29) is 30.1 Å². The third-order valence-electron chi connectivity index (χ3n) is 4.64. The van der Waals surface area contributed by atoms with E-state index in [0.717, 1.165) is 25.9 Å². The summed E-state index contributed by atoms with van der Waals surface area (Å²) >= 11 is 0. The van der Waals surface area contributed by atoms with Gasteiger partial charge in [-0.25, -0.2) is 4.39 Å². The van der Waals surface area contributed by atoms with Crippen molar-refractivity contribution in [2.75, 3.05) is 39.3 Å². The van der Waals surface area contributed by atoms with E-state index in [1.807, 2.05) is 4.90 Å². The topological polar surface area (TPSA) is 52.7 Å². The summed E-state index contributed by atoms with van der Waals surface area (Å²) in [6.07, 6.45) is 1.78. The highest BCUT2D eigenvalue weighted by Crippen LogP contribution is 2.17. The normalized spacial score (nSPS) is 18.9. The fourth-order valence-corrected chi connectivity index (χ4v) is 3.26. The highest BCUT2D eigenvalue weighted by molar-refractivity contribution is 5.94. The number of hydrogen-bond acceptors (Lipinski definition) is 3. The molecule has 2 saturated heterocycles. The summed E-state index contributed by atoms with van der Waals surface area (Å²) in [4.78, 5) is 28.4. The lowest BCUT2D eigenvalue weighted by molar-refractivity contribution is -0.137. The van der Waals surface area contributed by atoms with Gasteiger partial charge < -0.3 is 15.1 Å². The first-order valence-corrected chi connectivity index (χ1v) is 8.19. The van der Waals surface area contributed by atoms with Crippen molar-refractivity contribution in [3.63, 3.8) is 0 Å². The van der Waals surface area contributed by atoms with Crippen molar-refractivity contribution in [3.05, 3.63) is 35.6 Å². The number of carbonyl (C=O) groups is 2. The first kappa shape index (κ1) is 18.7. The van der Waals surface area contributed by atoms with Gasteiger partial charge >= 0.3 is 0 Å². The second-order valence-corrected chi connectivity index (χ2v) is 6.15. The van der Waals surface area contributed by atoms with Crippen molar-refractivity contribution in [2.24, 2.45) is 5.92 Å². The molecule has 0 atom stereocenters. The summed E-state index contributed by atoms with van der Waals surface area (Å²) in [7, 11) is 0. The zero-order chi connectivity index (χ0) is 16.2. The first-order valence-electron chi connectivity index (χ1n) is 8.19. The molecule has 2 heterocycles. The molecule has 0 unspecified atom stereocenters. The molecule has 0 aromatic heterocycles. The van der Waals surface area contributed by atoms with Crippen molar-refractivity contribution in [1.29, 1.82) is 0 Å². The van der Waals surface area contributed by atoms with Gasteiger partial charge in [-0.1, -0.05) is 6.07 Å². The van der Waals surface area contributed by atoms with Crippen LogP contribution in [0.15, 0.2) is 24.3 Å². The molecule has 1 aromatic rings. The van der Waals surface area contributed by atoms with Crippen molar-refractivity contribution in [3.8, 4) is 0 Å². The van der Waals surface area contributed by atoms with Gasteiger partial charge in [0.15, 0.2) is 0 Å². The molecule has 0 bridgehead atoms. The summed E-state index contributed by atoms with van der Waals surface area (Å²) in [5, 5.41) is 3.26. The van der Waals surface area contributed by atoms with Gasteiger partial charge in [0.1, 0.15) is 5.82 Å². The molecule has 2 amide bonds. The molecule has 2 aliphatic rings. The minimum atomic E-state index is -0.407. The van der Waals surface area contributed by atoms with Crippen LogP contribution < -0.4 is 5.32 Å². The number of carbonyl (C=O) groups excluding carboxylic acids is 2. The smallest absolute Gasteiger partial charge is 0.254 e. The van der Waals surface area contributed by atoms with Crippen LogP contribution in [0, 0.1) is 11.7 Å². The fraction of sp³-hybridized carbons (Fsp3) is 0.529. The quantitative estimate of drug-likeness (QED) is 0.875. The van der Waals surface area contributed by atoms with Crippen LogP contribution in [0.2, 0.25) is 0 Å². The molecule has 1 N–H and O–H groups in total. The maximum Gasteiger partial charge on any atom is 0.254 e. The predicted octanol–water partition coefficient (Wildman–Crippen LogP) is 1.53. The molecule has 0 saturated carbocycles. The Morgan fingerprint density at radius 2 is 1.67 bits per heavy atom. The van der Waals surface area contributed by atoms with Crippen LogP contribution in [0.25, 0.3) is 0 Å². The molecule has 0 spiro atoms. The SMILES string of the molecule is Cl.O=C(c1cccc(F)c1)N1CCN(C(=O)C2CCNCC2)CC1. The Hall–Kier alpha value is -1.66. The molecule has 0 radical (unpaired) electrons. The van der Waals surface area contributed by atoms with Crippen LogP contribution in [-0.2, 0) is 4.79 Å². The van der Waals surface area contributed by atoms with Gasteiger partial charge in [-0.05, 0) is 44.1 Å². The highest BCUT2D eigenvalue weighted by atomic mass is 35.5. The van der Waals surface area contributed by atoms with Crippen LogP contribution in [0.5, 0.6) is 0 Å². The molecule has 1 aromatic carbocycles. The number of amides is 2. The van der Waals surface area contributed by atoms with E-state index in [9.17, 15) is 14.0 Å². The number of benzene rings is 1. The molecule has 24 heavy (non-hydrogen) atoms. The Kier molecular flexibility index (Phi) is 6.57. The number of halogens is 2. The van der Waals surface area contributed by atoms with Gasteiger partial charge in [0, 0.05) is 37.7 Å². The van der Waals surface area contributed by atoms with E-state index >= 15 is 0 Å². The maximum atomic E-state index is 13.2. The Labute approximate surface area is 147 Å². The third kappa shape index (κ3) is 4.24. The van der Waals surface area contributed by atoms with Crippen molar-refractivity contribution < 1.29 is 14.0 Å². The number of hydrogen-bond donors (Lipinski definition) is 1. The second kappa shape index (κ2) is 8.44. The van der Waals surface area contributed by atoms with Crippen LogP contribution in [0.1, 0.15) is 23.2 Å². The van der Waals surface area contributed by atoms with Gasteiger partial charge in [0.2, 0.25) is 5.91 Å². The minimum absolute atomic E-state index is 0. The molecule has 132 valence electrons. The summed E-state index contributed by atoms with van der Waals surface area (Å²) in [6, 6.07) is 5.75. The predicted molar refractivity (Wildman–Crippen MR) is 91.7 cm³/mol. The van der Waals surface area contributed by atoms with Gasteiger partial charge in [-0.2, -0.15) is 0 Å². The van der Waals surface area contributed by atoms with E-state index in [4.69, 9.17) is 0 Å². The molecular formula is C17H23ClFN3O2. The van der Waals surface area contributed by atoms with Gasteiger partial charge in [0.05, 0.1) is 0 Å². The Morgan fingerprint density at radius 3 is 2.29 bits per heavy atom. The Bertz CT molecular complexity index is 585. The molecule has 2 fully saturated rings.